The van der Waals surface area contributed by atoms with E-state index in [4.69, 9.17) is 22.1 Å². The second kappa shape index (κ2) is 11.0. The minimum absolute atomic E-state index is 0.142. The lowest BCUT2D eigenvalue weighted by Crippen LogP contribution is -2.55. The van der Waals surface area contributed by atoms with Crippen molar-refractivity contribution in [1.82, 2.24) is 10.3 Å². The van der Waals surface area contributed by atoms with Crippen LogP contribution in [0.5, 0.6) is 5.88 Å². The Bertz CT molecular complexity index is 1240. The fraction of sp³-hybridized carbons (Fsp3) is 0.269. The highest BCUT2D eigenvalue weighted by Crippen LogP contribution is 2.30. The third-order valence-electron chi connectivity index (χ3n) is 5.51. The molecule has 188 valence electrons. The van der Waals surface area contributed by atoms with Crippen LogP contribution in [0, 0.1) is 11.3 Å². The van der Waals surface area contributed by atoms with Gasteiger partial charge < -0.3 is 15.8 Å². The van der Waals surface area contributed by atoms with E-state index in [2.05, 4.69) is 16.4 Å². The normalized spacial score (nSPS) is 13.4. The molecule has 0 radical (unpaired) electrons. The number of carbonyl (C=O) groups excluding carboxylic acids is 1. The molecule has 0 unspecified atom stereocenters. The number of nitrogens with zero attached hydrogens (tertiary/aromatic N) is 2. The molecule has 0 aliphatic rings. The third-order valence-corrected chi connectivity index (χ3v) is 5.77. The zero-order valence-electron chi connectivity index (χ0n) is 19.5. The van der Waals surface area contributed by atoms with Crippen LogP contribution >= 0.6 is 11.6 Å². The number of amides is 1. The first-order chi connectivity index (χ1) is 16.9. The SMILES string of the molecule is CC(C)(Oc1ccc(C(F)(F)F)cn1)C(=O)N[C@@H](N)[C@@H](Cc1ccc(Cl)cc1)c1cccc(C#N)c1. The van der Waals surface area contributed by atoms with E-state index in [1.54, 1.807) is 30.3 Å². The summed E-state index contributed by atoms with van der Waals surface area (Å²) < 4.78 is 43.9. The van der Waals surface area contributed by atoms with E-state index < -0.39 is 35.3 Å². The number of rotatable bonds is 8. The Hall–Kier alpha value is -3.61. The van der Waals surface area contributed by atoms with Crippen LogP contribution in [0.1, 0.15) is 42.0 Å². The van der Waals surface area contributed by atoms with Crippen molar-refractivity contribution >= 4 is 17.5 Å². The van der Waals surface area contributed by atoms with Gasteiger partial charge in [0.05, 0.1) is 23.4 Å². The highest BCUT2D eigenvalue weighted by Gasteiger charge is 2.35. The maximum Gasteiger partial charge on any atom is 0.417 e. The van der Waals surface area contributed by atoms with E-state index >= 15 is 0 Å². The van der Waals surface area contributed by atoms with Gasteiger partial charge in [0.15, 0.2) is 5.60 Å². The molecule has 3 rings (SSSR count). The van der Waals surface area contributed by atoms with Crippen molar-refractivity contribution < 1.29 is 22.7 Å². The van der Waals surface area contributed by atoms with Crippen LogP contribution in [0.2, 0.25) is 5.02 Å². The lowest BCUT2D eigenvalue weighted by Gasteiger charge is -2.30. The average molecular weight is 517 g/mol. The van der Waals surface area contributed by atoms with Crippen LogP contribution in [-0.4, -0.2) is 22.7 Å². The van der Waals surface area contributed by atoms with Crippen molar-refractivity contribution in [1.29, 1.82) is 5.26 Å². The zero-order chi connectivity index (χ0) is 26.5. The van der Waals surface area contributed by atoms with Crippen molar-refractivity contribution in [3.05, 3.63) is 94.1 Å². The van der Waals surface area contributed by atoms with Crippen LogP contribution in [0.15, 0.2) is 66.9 Å². The molecule has 1 aromatic heterocycles. The molecule has 0 aliphatic carbocycles. The second-order valence-electron chi connectivity index (χ2n) is 8.67. The number of hydrogen-bond acceptors (Lipinski definition) is 5. The highest BCUT2D eigenvalue weighted by atomic mass is 35.5. The van der Waals surface area contributed by atoms with Crippen LogP contribution in [-0.2, 0) is 17.4 Å². The minimum atomic E-state index is -4.53. The molecule has 0 saturated heterocycles. The predicted molar refractivity (Wildman–Crippen MR) is 129 cm³/mol. The summed E-state index contributed by atoms with van der Waals surface area (Å²) in [6.07, 6.45) is -4.34. The summed E-state index contributed by atoms with van der Waals surface area (Å²) in [5.74, 6) is -1.14. The molecule has 1 heterocycles. The summed E-state index contributed by atoms with van der Waals surface area (Å²) in [7, 11) is 0. The first-order valence-corrected chi connectivity index (χ1v) is 11.3. The summed E-state index contributed by atoms with van der Waals surface area (Å²) in [4.78, 5) is 16.7. The first kappa shape index (κ1) is 27.0. The molecular formula is C26H24ClF3N4O2. The molecular weight excluding hydrogens is 493 g/mol. The fourth-order valence-electron chi connectivity index (χ4n) is 3.51. The van der Waals surface area contributed by atoms with Crippen molar-refractivity contribution in [3.63, 3.8) is 0 Å². The summed E-state index contributed by atoms with van der Waals surface area (Å²) in [6.45, 7) is 2.91. The Balaban J connectivity index is 1.79. The van der Waals surface area contributed by atoms with Crippen molar-refractivity contribution in [3.8, 4) is 11.9 Å². The van der Waals surface area contributed by atoms with Crippen molar-refractivity contribution in [2.45, 2.75) is 44.1 Å². The Kier molecular flexibility index (Phi) is 8.23. The number of aromatic nitrogens is 1. The number of alkyl halides is 3. The van der Waals surface area contributed by atoms with E-state index in [9.17, 15) is 23.2 Å². The zero-order valence-corrected chi connectivity index (χ0v) is 20.3. The third kappa shape index (κ3) is 6.97. The minimum Gasteiger partial charge on any atom is -0.462 e. The molecule has 0 spiro atoms. The molecule has 1 amide bonds. The number of nitrogens with two attached hydrogens (primary N) is 1. The first-order valence-electron chi connectivity index (χ1n) is 10.9. The van der Waals surface area contributed by atoms with Crippen molar-refractivity contribution in [2.24, 2.45) is 5.73 Å². The molecule has 36 heavy (non-hydrogen) atoms. The molecule has 0 saturated carbocycles. The molecule has 2 aromatic carbocycles. The summed E-state index contributed by atoms with van der Waals surface area (Å²) in [5.41, 5.74) is 6.13. The Morgan fingerprint density at radius 3 is 2.44 bits per heavy atom. The van der Waals surface area contributed by atoms with Crippen LogP contribution in [0.4, 0.5) is 13.2 Å². The van der Waals surface area contributed by atoms with Gasteiger partial charge >= 0.3 is 6.18 Å². The summed E-state index contributed by atoms with van der Waals surface area (Å²) >= 11 is 5.99. The smallest absolute Gasteiger partial charge is 0.417 e. The van der Waals surface area contributed by atoms with Gasteiger partial charge in [-0.05, 0) is 61.7 Å². The maximum atomic E-state index is 13.1. The van der Waals surface area contributed by atoms with Gasteiger partial charge in [-0.15, -0.1) is 0 Å². The van der Waals surface area contributed by atoms with Gasteiger partial charge in [0, 0.05) is 23.2 Å². The number of benzene rings is 2. The van der Waals surface area contributed by atoms with Gasteiger partial charge in [0.1, 0.15) is 0 Å². The second-order valence-corrected chi connectivity index (χ2v) is 9.11. The predicted octanol–water partition coefficient (Wildman–Crippen LogP) is 5.21. The number of ether oxygens (including phenoxy) is 1. The molecule has 0 aliphatic heterocycles. The van der Waals surface area contributed by atoms with E-state index in [1.165, 1.54) is 13.8 Å². The van der Waals surface area contributed by atoms with Gasteiger partial charge in [-0.25, -0.2) is 4.98 Å². The molecule has 3 N–H and O–H groups in total. The molecule has 3 aromatic rings. The molecule has 0 bridgehead atoms. The standard InChI is InChI=1S/C26H24ClF3N4O2/c1-25(2,36-22-11-8-19(15-33-22)26(28,29)30)24(35)34-23(32)21(13-16-6-9-20(27)10-7-16)18-5-3-4-17(12-18)14-31/h3-12,15,21,23H,13,32H2,1-2H3,(H,34,35)/t21-,23+/m0/s1. The maximum absolute atomic E-state index is 13.1. The molecule has 10 heteroatoms. The van der Waals surface area contributed by atoms with Crippen LogP contribution < -0.4 is 15.8 Å². The van der Waals surface area contributed by atoms with E-state index in [1.807, 2.05) is 18.2 Å². The molecule has 2 atom stereocenters. The number of carbonyl (C=O) groups is 1. The van der Waals surface area contributed by atoms with Gasteiger partial charge in [-0.3, -0.25) is 4.79 Å². The summed E-state index contributed by atoms with van der Waals surface area (Å²) in [5, 5.41) is 12.6. The van der Waals surface area contributed by atoms with E-state index in [0.717, 1.165) is 23.3 Å². The Morgan fingerprint density at radius 1 is 1.17 bits per heavy atom. The monoisotopic (exact) mass is 516 g/mol. The molecule has 6 nitrogen and oxygen atoms in total. The van der Waals surface area contributed by atoms with Crippen molar-refractivity contribution in [2.75, 3.05) is 0 Å². The van der Waals surface area contributed by atoms with Gasteiger partial charge in [0.25, 0.3) is 5.91 Å². The summed E-state index contributed by atoms with van der Waals surface area (Å²) in [6, 6.07) is 18.1. The number of pyridine rings is 1. The lowest BCUT2D eigenvalue weighted by atomic mass is 9.88. The fourth-order valence-corrected chi connectivity index (χ4v) is 3.63. The van der Waals surface area contributed by atoms with Gasteiger partial charge in [0.2, 0.25) is 5.88 Å². The lowest BCUT2D eigenvalue weighted by molar-refractivity contribution is -0.138. The number of nitrogens with one attached hydrogen (secondary N) is 1. The van der Waals surface area contributed by atoms with E-state index in [0.29, 0.717) is 23.2 Å². The van der Waals surface area contributed by atoms with Gasteiger partial charge in [-0.1, -0.05) is 35.9 Å². The molecule has 0 fully saturated rings. The van der Waals surface area contributed by atoms with Crippen LogP contribution in [0.3, 0.4) is 0 Å². The highest BCUT2D eigenvalue weighted by molar-refractivity contribution is 6.30. The van der Waals surface area contributed by atoms with Crippen LogP contribution in [0.25, 0.3) is 0 Å². The topological polar surface area (TPSA) is 101 Å². The number of halogens is 4. The average Bonchev–Trinajstić information content (AvgIpc) is 2.83. The van der Waals surface area contributed by atoms with E-state index in [-0.39, 0.29) is 5.88 Å². The Morgan fingerprint density at radius 2 is 1.86 bits per heavy atom. The van der Waals surface area contributed by atoms with Gasteiger partial charge in [-0.2, -0.15) is 18.4 Å². The number of nitriles is 1. The number of hydrogen-bond donors (Lipinski definition) is 2. The largest absolute Gasteiger partial charge is 0.462 e. The Labute approximate surface area is 211 Å². The quantitative estimate of drug-likeness (QED) is 0.400.